The molecule has 3 aromatic rings. The molecule has 6 nitrogen and oxygen atoms in total. The molecule has 0 atom stereocenters. The normalized spacial score (nSPS) is 19.7. The van der Waals surface area contributed by atoms with Crippen LogP contribution in [-0.4, -0.2) is 13.2 Å². The fourth-order valence-electron chi connectivity index (χ4n) is 3.75. The number of azo groups is 1. The minimum atomic E-state index is -3.61. The van der Waals surface area contributed by atoms with E-state index in [1.807, 2.05) is 106 Å². The fourth-order valence-corrected chi connectivity index (χ4v) is 5.98. The van der Waals surface area contributed by atoms with E-state index in [2.05, 4.69) is 10.2 Å². The second kappa shape index (κ2) is 9.38. The van der Waals surface area contributed by atoms with Crippen LogP contribution in [0, 0.1) is 12.3 Å². The summed E-state index contributed by atoms with van der Waals surface area (Å²) in [5.74, 6) is 1.08. The van der Waals surface area contributed by atoms with Crippen molar-refractivity contribution in [2.75, 3.05) is 13.2 Å². The Hall–Kier alpha value is -3.31. The van der Waals surface area contributed by atoms with Crippen LogP contribution in [0.25, 0.3) is 11.4 Å². The Labute approximate surface area is 205 Å². The zero-order chi connectivity index (χ0) is 24.5. The lowest BCUT2D eigenvalue weighted by Gasteiger charge is -2.35. The maximum absolute atomic E-state index is 13.9. The Kier molecular flexibility index (Phi) is 6.28. The third kappa shape index (κ3) is 5.20. The number of nitrogens with zero attached hydrogens (tertiary/aromatic N) is 2. The van der Waals surface area contributed by atoms with Crippen LogP contribution < -0.4 is 4.74 Å². The maximum Gasteiger partial charge on any atom is 0.365 e. The molecular formula is C28H27N2O4P. The molecule has 0 amide bonds. The Morgan fingerprint density at radius 2 is 1.54 bits per heavy atom. The molecule has 2 heterocycles. The number of ether oxygens (including phenoxy) is 1. The molecule has 3 aromatic carbocycles. The van der Waals surface area contributed by atoms with Crippen molar-refractivity contribution in [1.29, 1.82) is 0 Å². The summed E-state index contributed by atoms with van der Waals surface area (Å²) in [6.07, 6.45) is 3.73. The van der Waals surface area contributed by atoms with Crippen LogP contribution in [-0.2, 0) is 13.6 Å². The van der Waals surface area contributed by atoms with Crippen molar-refractivity contribution in [1.82, 2.24) is 0 Å². The summed E-state index contributed by atoms with van der Waals surface area (Å²) in [5.41, 5.74) is 3.98. The lowest BCUT2D eigenvalue weighted by molar-refractivity contribution is 0.0466. The van der Waals surface area contributed by atoms with E-state index in [4.69, 9.17) is 13.8 Å². The highest BCUT2D eigenvalue weighted by Gasteiger charge is 2.42. The molecule has 5 rings (SSSR count). The van der Waals surface area contributed by atoms with Gasteiger partial charge in [-0.15, -0.1) is 0 Å². The topological polar surface area (TPSA) is 69.5 Å². The maximum atomic E-state index is 13.9. The van der Waals surface area contributed by atoms with Crippen molar-refractivity contribution in [3.63, 3.8) is 0 Å². The lowest BCUT2D eigenvalue weighted by Crippen LogP contribution is -2.29. The van der Waals surface area contributed by atoms with E-state index < -0.39 is 7.60 Å². The van der Waals surface area contributed by atoms with Crippen molar-refractivity contribution in [3.8, 4) is 5.75 Å². The van der Waals surface area contributed by atoms with E-state index in [0.717, 1.165) is 22.4 Å². The number of benzene rings is 3. The number of rotatable bonds is 4. The minimum Gasteiger partial charge on any atom is -0.456 e. The number of aryl methyl sites for hydroxylation is 1. The molecule has 0 spiro atoms. The molecule has 2 aliphatic rings. The van der Waals surface area contributed by atoms with Gasteiger partial charge in [0.05, 0.1) is 24.6 Å². The third-order valence-corrected chi connectivity index (χ3v) is 7.71. The van der Waals surface area contributed by atoms with Crippen molar-refractivity contribution >= 4 is 30.4 Å². The summed E-state index contributed by atoms with van der Waals surface area (Å²) < 4.78 is 32.0. The first-order valence-corrected chi connectivity index (χ1v) is 13.0. The first-order valence-electron chi connectivity index (χ1n) is 11.5. The van der Waals surface area contributed by atoms with Crippen LogP contribution in [0.1, 0.15) is 30.5 Å². The molecule has 0 unspecified atom stereocenters. The highest BCUT2D eigenvalue weighted by atomic mass is 31.2. The lowest BCUT2D eigenvalue weighted by atomic mass is 9.97. The Morgan fingerprint density at radius 1 is 0.857 bits per heavy atom. The van der Waals surface area contributed by atoms with Gasteiger partial charge in [0.25, 0.3) is 0 Å². The standard InChI is InChI=1S/C28H27N2O4P/c1-20-9-11-21(12-10-20)27(35(31)32-18-28(2,3)19-33-35)26-15-13-22-17-24(14-16-25(22)34-26)30-29-23-7-5-4-6-8-23/h4-17H,18-19H2,1-3H3/b27-26-,30-29?. The fraction of sp³-hybridized carbons (Fsp3) is 0.214. The molecular weight excluding hydrogens is 459 g/mol. The molecule has 1 saturated heterocycles. The van der Waals surface area contributed by atoms with E-state index in [1.54, 1.807) is 0 Å². The van der Waals surface area contributed by atoms with Gasteiger partial charge < -0.3 is 13.8 Å². The van der Waals surface area contributed by atoms with Crippen LogP contribution in [0.4, 0.5) is 11.4 Å². The Balaban J connectivity index is 1.50. The zero-order valence-corrected chi connectivity index (χ0v) is 20.9. The van der Waals surface area contributed by atoms with Crippen LogP contribution in [0.15, 0.2) is 94.9 Å². The molecule has 178 valence electrons. The molecule has 35 heavy (non-hydrogen) atoms. The number of allylic oxidation sites excluding steroid dienone is 1. The highest BCUT2D eigenvalue weighted by Crippen LogP contribution is 2.65. The van der Waals surface area contributed by atoms with Crippen LogP contribution in [0.5, 0.6) is 5.75 Å². The van der Waals surface area contributed by atoms with Gasteiger partial charge in [-0.1, -0.05) is 61.9 Å². The monoisotopic (exact) mass is 486 g/mol. The van der Waals surface area contributed by atoms with Gasteiger partial charge >= 0.3 is 7.60 Å². The average molecular weight is 487 g/mol. The summed E-state index contributed by atoms with van der Waals surface area (Å²) in [7, 11) is -3.61. The summed E-state index contributed by atoms with van der Waals surface area (Å²) >= 11 is 0. The van der Waals surface area contributed by atoms with Crippen molar-refractivity contribution < 1.29 is 18.3 Å². The Morgan fingerprint density at radius 3 is 2.26 bits per heavy atom. The van der Waals surface area contributed by atoms with E-state index in [-0.39, 0.29) is 5.41 Å². The Bertz CT molecular complexity index is 1360. The molecule has 7 heteroatoms. The molecule has 0 bridgehead atoms. The smallest absolute Gasteiger partial charge is 0.365 e. The van der Waals surface area contributed by atoms with Crippen molar-refractivity contribution in [2.45, 2.75) is 20.8 Å². The number of fused-ring (bicyclic) bond motifs is 1. The van der Waals surface area contributed by atoms with Gasteiger partial charge in [-0.05, 0) is 55.0 Å². The highest BCUT2D eigenvalue weighted by molar-refractivity contribution is 7.65. The van der Waals surface area contributed by atoms with Gasteiger partial charge in [-0.3, -0.25) is 4.57 Å². The van der Waals surface area contributed by atoms with Gasteiger partial charge in [0.1, 0.15) is 16.8 Å². The molecule has 0 aliphatic carbocycles. The molecule has 0 radical (unpaired) electrons. The van der Waals surface area contributed by atoms with Crippen LogP contribution in [0.2, 0.25) is 0 Å². The summed E-state index contributed by atoms with van der Waals surface area (Å²) in [6.45, 7) is 6.73. The average Bonchev–Trinajstić information content (AvgIpc) is 2.87. The van der Waals surface area contributed by atoms with Crippen molar-refractivity contribution in [3.05, 3.63) is 101 Å². The second-order valence-corrected chi connectivity index (χ2v) is 11.4. The summed E-state index contributed by atoms with van der Waals surface area (Å²) in [6, 6.07) is 22.9. The quantitative estimate of drug-likeness (QED) is 0.274. The third-order valence-electron chi connectivity index (χ3n) is 5.75. The van der Waals surface area contributed by atoms with E-state index in [0.29, 0.717) is 35.7 Å². The molecule has 0 aromatic heterocycles. The van der Waals surface area contributed by atoms with Crippen LogP contribution >= 0.6 is 7.60 Å². The predicted octanol–water partition coefficient (Wildman–Crippen LogP) is 8.45. The molecule has 1 fully saturated rings. The first-order chi connectivity index (χ1) is 16.8. The first kappa shape index (κ1) is 23.4. The van der Waals surface area contributed by atoms with E-state index in [9.17, 15) is 4.57 Å². The zero-order valence-electron chi connectivity index (χ0n) is 20.0. The van der Waals surface area contributed by atoms with Gasteiger partial charge in [0.2, 0.25) is 0 Å². The van der Waals surface area contributed by atoms with Gasteiger partial charge in [-0.25, -0.2) is 0 Å². The van der Waals surface area contributed by atoms with Crippen LogP contribution in [0.3, 0.4) is 0 Å². The molecule has 0 N–H and O–H groups in total. The predicted molar refractivity (Wildman–Crippen MR) is 138 cm³/mol. The number of hydrogen-bond acceptors (Lipinski definition) is 6. The minimum absolute atomic E-state index is 0.211. The van der Waals surface area contributed by atoms with Gasteiger partial charge in [0.15, 0.2) is 0 Å². The SMILES string of the molecule is Cc1ccc(/C(=C2\C=Cc3cc(N=Nc4ccccc4)ccc3O2)P2(=O)OCC(C)(C)CO2)cc1. The van der Waals surface area contributed by atoms with Crippen molar-refractivity contribution in [2.24, 2.45) is 15.6 Å². The van der Waals surface area contributed by atoms with Gasteiger partial charge in [-0.2, -0.15) is 10.2 Å². The second-order valence-electron chi connectivity index (χ2n) is 9.48. The molecule has 0 saturated carbocycles. The number of hydrogen-bond donors (Lipinski definition) is 0. The largest absolute Gasteiger partial charge is 0.456 e. The van der Waals surface area contributed by atoms with E-state index >= 15 is 0 Å². The summed E-state index contributed by atoms with van der Waals surface area (Å²) in [5, 5.41) is 9.04. The van der Waals surface area contributed by atoms with E-state index in [1.165, 1.54) is 0 Å². The molecule has 2 aliphatic heterocycles. The van der Waals surface area contributed by atoms with Gasteiger partial charge in [0, 0.05) is 11.0 Å². The summed E-state index contributed by atoms with van der Waals surface area (Å²) in [4.78, 5) is 0.